The van der Waals surface area contributed by atoms with Gasteiger partial charge in [0.1, 0.15) is 11.3 Å². The van der Waals surface area contributed by atoms with Gasteiger partial charge in [-0.25, -0.2) is 4.79 Å². The number of rotatable bonds is 3. The van der Waals surface area contributed by atoms with Gasteiger partial charge >= 0.3 is 6.09 Å². The minimum absolute atomic E-state index is 0.00693. The van der Waals surface area contributed by atoms with Crippen LogP contribution in [0.1, 0.15) is 38.2 Å². The highest BCUT2D eigenvalue weighted by Crippen LogP contribution is 2.55. The van der Waals surface area contributed by atoms with E-state index in [1.54, 1.807) is 29.3 Å². The zero-order chi connectivity index (χ0) is 17.5. The summed E-state index contributed by atoms with van der Waals surface area (Å²) in [6, 6.07) is 5.23. The summed E-state index contributed by atoms with van der Waals surface area (Å²) in [5.41, 5.74) is -0.128. The SMILES string of the molecule is C[C@@H]1[C@@H]2CN(C(=O)OC(C)(C)C)[C@H](CNC(=O)c3ccccn3)[C@H]12. The molecule has 1 saturated carbocycles. The number of nitrogens with one attached hydrogen (secondary N) is 1. The van der Waals surface area contributed by atoms with Crippen LogP contribution in [0.15, 0.2) is 24.4 Å². The number of likely N-dealkylation sites (tertiary alicyclic amines) is 1. The molecule has 24 heavy (non-hydrogen) atoms. The number of hydrogen-bond donors (Lipinski definition) is 1. The molecule has 4 atom stereocenters. The molecular formula is C18H25N3O3. The molecule has 1 aliphatic carbocycles. The number of piperidine rings is 1. The molecule has 0 bridgehead atoms. The summed E-state index contributed by atoms with van der Waals surface area (Å²) >= 11 is 0. The Kier molecular flexibility index (Phi) is 4.24. The molecule has 6 heteroatoms. The highest BCUT2D eigenvalue weighted by atomic mass is 16.6. The van der Waals surface area contributed by atoms with Crippen LogP contribution in [-0.4, -0.2) is 46.6 Å². The number of hydrogen-bond acceptors (Lipinski definition) is 4. The van der Waals surface area contributed by atoms with Crippen LogP contribution in [0.5, 0.6) is 0 Å². The molecule has 0 spiro atoms. The van der Waals surface area contributed by atoms with E-state index in [0.29, 0.717) is 36.5 Å². The number of amides is 2. The largest absolute Gasteiger partial charge is 0.444 e. The smallest absolute Gasteiger partial charge is 0.410 e. The van der Waals surface area contributed by atoms with Crippen LogP contribution in [0.2, 0.25) is 0 Å². The minimum atomic E-state index is -0.517. The fraction of sp³-hybridized carbons (Fsp3) is 0.611. The van der Waals surface area contributed by atoms with Gasteiger partial charge in [0.15, 0.2) is 0 Å². The molecule has 2 heterocycles. The van der Waals surface area contributed by atoms with Gasteiger partial charge in [0.05, 0.1) is 6.04 Å². The monoisotopic (exact) mass is 331 g/mol. The van der Waals surface area contributed by atoms with Gasteiger partial charge in [-0.1, -0.05) is 13.0 Å². The van der Waals surface area contributed by atoms with Crippen molar-refractivity contribution in [1.29, 1.82) is 0 Å². The summed E-state index contributed by atoms with van der Waals surface area (Å²) in [4.78, 5) is 30.5. The fourth-order valence-electron chi connectivity index (χ4n) is 3.64. The molecule has 0 unspecified atom stereocenters. The second-order valence-electron chi connectivity index (χ2n) is 7.73. The van der Waals surface area contributed by atoms with Gasteiger partial charge in [-0.15, -0.1) is 0 Å². The second-order valence-corrected chi connectivity index (χ2v) is 7.73. The number of carbonyl (C=O) groups is 2. The number of fused-ring (bicyclic) bond motifs is 1. The van der Waals surface area contributed by atoms with Gasteiger partial charge in [0.2, 0.25) is 0 Å². The van der Waals surface area contributed by atoms with E-state index in [0.717, 1.165) is 0 Å². The zero-order valence-corrected chi connectivity index (χ0v) is 14.7. The lowest BCUT2D eigenvalue weighted by Gasteiger charge is -2.31. The molecule has 1 saturated heterocycles. The van der Waals surface area contributed by atoms with Crippen LogP contribution in [0, 0.1) is 17.8 Å². The molecule has 1 aromatic heterocycles. The van der Waals surface area contributed by atoms with Gasteiger partial charge < -0.3 is 15.0 Å². The first kappa shape index (κ1) is 16.7. The van der Waals surface area contributed by atoms with Crippen LogP contribution in [0.4, 0.5) is 4.79 Å². The third-order valence-corrected chi connectivity index (χ3v) is 4.89. The van der Waals surface area contributed by atoms with Crippen molar-refractivity contribution in [1.82, 2.24) is 15.2 Å². The quantitative estimate of drug-likeness (QED) is 0.922. The van der Waals surface area contributed by atoms with E-state index >= 15 is 0 Å². The zero-order valence-electron chi connectivity index (χ0n) is 14.7. The van der Waals surface area contributed by atoms with E-state index < -0.39 is 5.60 Å². The normalized spacial score (nSPS) is 28.2. The number of aromatic nitrogens is 1. The molecule has 130 valence electrons. The molecule has 2 aliphatic rings. The van der Waals surface area contributed by atoms with Crippen LogP contribution in [-0.2, 0) is 4.74 Å². The third-order valence-electron chi connectivity index (χ3n) is 4.89. The number of nitrogens with zero attached hydrogens (tertiary/aromatic N) is 2. The molecule has 3 rings (SSSR count). The van der Waals surface area contributed by atoms with Crippen molar-refractivity contribution < 1.29 is 14.3 Å². The molecule has 2 fully saturated rings. The minimum Gasteiger partial charge on any atom is -0.444 e. The number of ether oxygens (including phenoxy) is 1. The van der Waals surface area contributed by atoms with E-state index in [-0.39, 0.29) is 18.0 Å². The topological polar surface area (TPSA) is 71.5 Å². The van der Waals surface area contributed by atoms with Crippen molar-refractivity contribution in [3.05, 3.63) is 30.1 Å². The van der Waals surface area contributed by atoms with Crippen LogP contribution >= 0.6 is 0 Å². The van der Waals surface area contributed by atoms with Crippen LogP contribution in [0.25, 0.3) is 0 Å². The van der Waals surface area contributed by atoms with Crippen molar-refractivity contribution in [2.75, 3.05) is 13.1 Å². The van der Waals surface area contributed by atoms with Crippen molar-refractivity contribution in [3.63, 3.8) is 0 Å². The molecule has 2 amide bonds. The molecule has 1 aromatic rings. The molecular weight excluding hydrogens is 306 g/mol. The standard InChI is InChI=1S/C18H25N3O3/c1-11-12-10-21(17(23)24-18(2,3)4)14(15(11)12)9-20-16(22)13-7-5-6-8-19-13/h5-8,11-12,14-15H,9-10H2,1-4H3,(H,20,22)/t11-,12+,14-,15-/m1/s1. The van der Waals surface area contributed by atoms with Crippen molar-refractivity contribution in [2.45, 2.75) is 39.3 Å². The van der Waals surface area contributed by atoms with Crippen LogP contribution < -0.4 is 5.32 Å². The Labute approximate surface area is 142 Å². The summed E-state index contributed by atoms with van der Waals surface area (Å²) in [5.74, 6) is 1.35. The Morgan fingerprint density at radius 2 is 2.12 bits per heavy atom. The first-order valence-electron chi connectivity index (χ1n) is 8.47. The number of pyridine rings is 1. The lowest BCUT2D eigenvalue weighted by atomic mass is 10.1. The molecule has 0 aromatic carbocycles. The highest BCUT2D eigenvalue weighted by Gasteiger charge is 2.60. The summed E-state index contributed by atoms with van der Waals surface area (Å²) in [6.07, 6.45) is 1.30. The van der Waals surface area contributed by atoms with Gasteiger partial charge in [0, 0.05) is 19.3 Å². The van der Waals surface area contributed by atoms with Gasteiger partial charge in [-0.2, -0.15) is 0 Å². The predicted octanol–water partition coefficient (Wildman–Crippen LogP) is 2.31. The summed E-state index contributed by atoms with van der Waals surface area (Å²) in [6.45, 7) is 8.94. The van der Waals surface area contributed by atoms with Crippen LogP contribution in [0.3, 0.4) is 0 Å². The maximum absolute atomic E-state index is 12.4. The first-order valence-corrected chi connectivity index (χ1v) is 8.47. The molecule has 6 nitrogen and oxygen atoms in total. The van der Waals surface area contributed by atoms with Gasteiger partial charge in [0.25, 0.3) is 5.91 Å². The summed E-state index contributed by atoms with van der Waals surface area (Å²) in [7, 11) is 0. The van der Waals surface area contributed by atoms with E-state index in [2.05, 4.69) is 17.2 Å². The second kappa shape index (κ2) is 6.07. The Hall–Kier alpha value is -2.11. The average Bonchev–Trinajstić information content (AvgIpc) is 2.98. The first-order chi connectivity index (χ1) is 11.3. The highest BCUT2D eigenvalue weighted by molar-refractivity contribution is 5.92. The third kappa shape index (κ3) is 3.37. The molecule has 0 radical (unpaired) electrons. The Bertz CT molecular complexity index is 626. The maximum atomic E-state index is 12.4. The van der Waals surface area contributed by atoms with E-state index in [1.165, 1.54) is 0 Å². The predicted molar refractivity (Wildman–Crippen MR) is 89.4 cm³/mol. The number of carbonyl (C=O) groups excluding carboxylic acids is 2. The Morgan fingerprint density at radius 3 is 2.75 bits per heavy atom. The van der Waals surface area contributed by atoms with Crippen molar-refractivity contribution in [3.8, 4) is 0 Å². The molecule has 1 aliphatic heterocycles. The Morgan fingerprint density at radius 1 is 1.38 bits per heavy atom. The fourth-order valence-corrected chi connectivity index (χ4v) is 3.64. The lowest BCUT2D eigenvalue weighted by Crippen LogP contribution is -2.48. The molecule has 1 N–H and O–H groups in total. The average molecular weight is 331 g/mol. The van der Waals surface area contributed by atoms with Crippen molar-refractivity contribution in [2.24, 2.45) is 17.8 Å². The van der Waals surface area contributed by atoms with Gasteiger partial charge in [-0.05, 0) is 50.7 Å². The summed E-state index contributed by atoms with van der Waals surface area (Å²) < 4.78 is 5.51. The van der Waals surface area contributed by atoms with Gasteiger partial charge in [-0.3, -0.25) is 9.78 Å². The lowest BCUT2D eigenvalue weighted by molar-refractivity contribution is 0.0181. The maximum Gasteiger partial charge on any atom is 0.410 e. The van der Waals surface area contributed by atoms with E-state index in [1.807, 2.05) is 20.8 Å². The van der Waals surface area contributed by atoms with E-state index in [9.17, 15) is 9.59 Å². The summed E-state index contributed by atoms with van der Waals surface area (Å²) in [5, 5.41) is 2.92. The Balaban J connectivity index is 1.63. The van der Waals surface area contributed by atoms with Crippen molar-refractivity contribution >= 4 is 12.0 Å². The van der Waals surface area contributed by atoms with E-state index in [4.69, 9.17) is 4.74 Å².